The average Bonchev–Trinajstić information content (AvgIpc) is 2.87. The van der Waals surface area contributed by atoms with E-state index in [0.717, 1.165) is 6.42 Å². The molecule has 1 aromatic rings. The summed E-state index contributed by atoms with van der Waals surface area (Å²) < 4.78 is 0. The van der Waals surface area contributed by atoms with Crippen LogP contribution in [0.3, 0.4) is 0 Å². The van der Waals surface area contributed by atoms with Gasteiger partial charge in [-0.1, -0.05) is 18.2 Å². The highest BCUT2D eigenvalue weighted by Crippen LogP contribution is 2.47. The number of aryl methyl sites for hydroxylation is 1. The van der Waals surface area contributed by atoms with E-state index in [9.17, 15) is 9.59 Å². The number of rotatable bonds is 5. The Morgan fingerprint density at radius 2 is 2.05 bits per heavy atom. The molecule has 0 aromatic heterocycles. The summed E-state index contributed by atoms with van der Waals surface area (Å²) in [4.78, 5) is 23.3. The van der Waals surface area contributed by atoms with E-state index in [4.69, 9.17) is 0 Å². The van der Waals surface area contributed by atoms with E-state index in [1.54, 1.807) is 7.05 Å². The lowest BCUT2D eigenvalue weighted by Crippen LogP contribution is -2.27. The number of nitrogens with one attached hydrogen (secondary N) is 2. The third-order valence-electron chi connectivity index (χ3n) is 4.95. The molecule has 4 nitrogen and oxygen atoms in total. The van der Waals surface area contributed by atoms with Gasteiger partial charge >= 0.3 is 0 Å². The summed E-state index contributed by atoms with van der Waals surface area (Å²) in [7, 11) is 1.62. The number of benzene rings is 1. The van der Waals surface area contributed by atoms with E-state index in [1.807, 2.05) is 0 Å². The molecular weight excluding hydrogens is 276 g/mol. The van der Waals surface area contributed by atoms with Crippen molar-refractivity contribution in [2.45, 2.75) is 56.9 Å². The predicted molar refractivity (Wildman–Crippen MR) is 85.5 cm³/mol. The smallest absolute Gasteiger partial charge is 0.220 e. The molecule has 0 fully saturated rings. The zero-order valence-corrected chi connectivity index (χ0v) is 13.2. The van der Waals surface area contributed by atoms with Gasteiger partial charge in [-0.05, 0) is 54.7 Å². The average molecular weight is 300 g/mol. The van der Waals surface area contributed by atoms with Gasteiger partial charge in [0.1, 0.15) is 0 Å². The van der Waals surface area contributed by atoms with E-state index in [-0.39, 0.29) is 17.9 Å². The van der Waals surface area contributed by atoms with Crippen LogP contribution in [-0.4, -0.2) is 18.9 Å². The van der Waals surface area contributed by atoms with Crippen molar-refractivity contribution in [2.75, 3.05) is 7.05 Å². The van der Waals surface area contributed by atoms with Crippen LogP contribution < -0.4 is 10.6 Å². The van der Waals surface area contributed by atoms with Gasteiger partial charge in [-0.25, -0.2) is 0 Å². The molecular formula is C18H24N2O2. The molecule has 2 aliphatic carbocycles. The molecule has 0 radical (unpaired) electrons. The SMILES string of the molecule is CNC(=O)CCCC(=O)N[C@H]1C[C@H]2CCCc3cccc1c32. The van der Waals surface area contributed by atoms with Crippen molar-refractivity contribution >= 4 is 11.8 Å². The Hall–Kier alpha value is -1.84. The van der Waals surface area contributed by atoms with Crippen LogP contribution in [0.15, 0.2) is 18.2 Å². The first kappa shape index (κ1) is 15.1. The molecule has 2 aliphatic rings. The summed E-state index contributed by atoms with van der Waals surface area (Å²) in [5.41, 5.74) is 4.30. The van der Waals surface area contributed by atoms with E-state index in [2.05, 4.69) is 28.8 Å². The third kappa shape index (κ3) is 3.01. The molecule has 1 aromatic carbocycles. The normalized spacial score (nSPS) is 22.0. The molecule has 0 spiro atoms. The number of carbonyl (C=O) groups is 2. The Morgan fingerprint density at radius 1 is 1.23 bits per heavy atom. The third-order valence-corrected chi connectivity index (χ3v) is 4.95. The highest BCUT2D eigenvalue weighted by atomic mass is 16.2. The zero-order valence-electron chi connectivity index (χ0n) is 13.2. The van der Waals surface area contributed by atoms with Crippen molar-refractivity contribution in [3.63, 3.8) is 0 Å². The number of hydrogen-bond acceptors (Lipinski definition) is 2. The Labute approximate surface area is 131 Å². The van der Waals surface area contributed by atoms with Crippen molar-refractivity contribution < 1.29 is 9.59 Å². The maximum absolute atomic E-state index is 12.1. The maximum Gasteiger partial charge on any atom is 0.220 e. The molecule has 0 heterocycles. The zero-order chi connectivity index (χ0) is 15.5. The van der Waals surface area contributed by atoms with Gasteiger partial charge in [-0.15, -0.1) is 0 Å². The fourth-order valence-corrected chi connectivity index (χ4v) is 3.92. The van der Waals surface area contributed by atoms with E-state index in [1.165, 1.54) is 36.0 Å². The summed E-state index contributed by atoms with van der Waals surface area (Å²) in [5.74, 6) is 0.677. The van der Waals surface area contributed by atoms with E-state index < -0.39 is 0 Å². The summed E-state index contributed by atoms with van der Waals surface area (Å²) in [6, 6.07) is 6.68. The van der Waals surface area contributed by atoms with Crippen molar-refractivity contribution in [1.82, 2.24) is 10.6 Å². The number of carbonyl (C=O) groups excluding carboxylic acids is 2. The number of hydrogen-bond donors (Lipinski definition) is 2. The molecule has 3 rings (SSSR count). The van der Waals surface area contributed by atoms with Crippen molar-refractivity contribution in [3.8, 4) is 0 Å². The van der Waals surface area contributed by atoms with Gasteiger partial charge < -0.3 is 10.6 Å². The maximum atomic E-state index is 12.1. The van der Waals surface area contributed by atoms with Crippen LogP contribution in [0, 0.1) is 0 Å². The van der Waals surface area contributed by atoms with Gasteiger partial charge in [-0.2, -0.15) is 0 Å². The minimum Gasteiger partial charge on any atom is -0.359 e. The molecule has 0 bridgehead atoms. The van der Waals surface area contributed by atoms with Gasteiger partial charge in [0.25, 0.3) is 0 Å². The Balaban J connectivity index is 1.60. The summed E-state index contributed by atoms with van der Waals surface area (Å²) >= 11 is 0. The lowest BCUT2D eigenvalue weighted by atomic mass is 9.84. The minimum atomic E-state index is -0.00499. The Bertz CT molecular complexity index is 582. The van der Waals surface area contributed by atoms with Gasteiger partial charge in [0.2, 0.25) is 11.8 Å². The molecule has 2 amide bonds. The second-order valence-electron chi connectivity index (χ2n) is 6.39. The summed E-state index contributed by atoms with van der Waals surface area (Å²) in [6.07, 6.45) is 6.15. The standard InChI is InChI=1S/C18H24N2O2/c1-19-16(21)9-4-10-17(22)20-15-11-13-7-2-5-12-6-3-8-14(15)18(12)13/h3,6,8,13,15H,2,4-5,7,9-11H2,1H3,(H,19,21)(H,20,22)/t13-,15+/m1/s1. The predicted octanol–water partition coefficient (Wildman–Crippen LogP) is 2.58. The lowest BCUT2D eigenvalue weighted by molar-refractivity contribution is -0.122. The van der Waals surface area contributed by atoms with Crippen LogP contribution >= 0.6 is 0 Å². The second-order valence-corrected chi connectivity index (χ2v) is 6.39. The Kier molecular flexibility index (Phi) is 4.46. The molecule has 22 heavy (non-hydrogen) atoms. The quantitative estimate of drug-likeness (QED) is 0.878. The van der Waals surface area contributed by atoms with Gasteiger partial charge in [0, 0.05) is 19.9 Å². The minimum absolute atomic E-state index is 0.00499. The molecule has 0 saturated heterocycles. The molecule has 2 atom stereocenters. The molecule has 2 N–H and O–H groups in total. The van der Waals surface area contributed by atoms with Crippen molar-refractivity contribution in [3.05, 3.63) is 34.9 Å². The summed E-state index contributed by atoms with van der Waals surface area (Å²) in [6.45, 7) is 0. The monoisotopic (exact) mass is 300 g/mol. The highest BCUT2D eigenvalue weighted by Gasteiger charge is 2.34. The van der Waals surface area contributed by atoms with Crippen LogP contribution in [0.4, 0.5) is 0 Å². The van der Waals surface area contributed by atoms with Gasteiger partial charge in [-0.3, -0.25) is 9.59 Å². The highest BCUT2D eigenvalue weighted by molar-refractivity contribution is 5.79. The molecule has 118 valence electrons. The van der Waals surface area contributed by atoms with Crippen LogP contribution in [0.1, 0.15) is 67.2 Å². The van der Waals surface area contributed by atoms with E-state index >= 15 is 0 Å². The largest absolute Gasteiger partial charge is 0.359 e. The number of amides is 2. The van der Waals surface area contributed by atoms with Crippen LogP contribution in [0.25, 0.3) is 0 Å². The topological polar surface area (TPSA) is 58.2 Å². The summed E-state index contributed by atoms with van der Waals surface area (Å²) in [5, 5.41) is 5.76. The fraction of sp³-hybridized carbons (Fsp3) is 0.556. The molecule has 4 heteroatoms. The van der Waals surface area contributed by atoms with Gasteiger partial charge in [0.05, 0.1) is 6.04 Å². The van der Waals surface area contributed by atoms with Gasteiger partial charge in [0.15, 0.2) is 0 Å². The lowest BCUT2D eigenvalue weighted by Gasteiger charge is -2.20. The first-order valence-electron chi connectivity index (χ1n) is 8.30. The molecule has 0 aliphatic heterocycles. The van der Waals surface area contributed by atoms with E-state index in [0.29, 0.717) is 25.2 Å². The first-order chi connectivity index (χ1) is 10.7. The van der Waals surface area contributed by atoms with Crippen molar-refractivity contribution in [2.24, 2.45) is 0 Å². The van der Waals surface area contributed by atoms with Crippen LogP contribution in [0.5, 0.6) is 0 Å². The molecule has 0 saturated carbocycles. The van der Waals surface area contributed by atoms with Crippen LogP contribution in [-0.2, 0) is 16.0 Å². The fourth-order valence-electron chi connectivity index (χ4n) is 3.92. The molecule has 0 unspecified atom stereocenters. The first-order valence-corrected chi connectivity index (χ1v) is 8.30. The second kappa shape index (κ2) is 6.51. The van der Waals surface area contributed by atoms with Crippen molar-refractivity contribution in [1.29, 1.82) is 0 Å². The van der Waals surface area contributed by atoms with Crippen LogP contribution in [0.2, 0.25) is 0 Å². The Morgan fingerprint density at radius 3 is 2.86 bits per heavy atom.